The van der Waals surface area contributed by atoms with Gasteiger partial charge in [0.1, 0.15) is 0 Å². The maximum Gasteiger partial charge on any atom is 0.00755 e. The van der Waals surface area contributed by atoms with Crippen LogP contribution in [-0.2, 0) is 0 Å². The molecule has 0 amide bonds. The van der Waals surface area contributed by atoms with Crippen molar-refractivity contribution in [3.63, 3.8) is 0 Å². The quantitative estimate of drug-likeness (QED) is 0.586. The summed E-state index contributed by atoms with van der Waals surface area (Å²) >= 11 is 0. The second-order valence-corrected chi connectivity index (χ2v) is 5.30. The first kappa shape index (κ1) is 8.25. The van der Waals surface area contributed by atoms with Crippen LogP contribution in [0.2, 0.25) is 0 Å². The van der Waals surface area contributed by atoms with E-state index in [1.807, 2.05) is 0 Å². The molecule has 3 saturated heterocycles. The highest BCUT2D eigenvalue weighted by Gasteiger charge is 2.43. The van der Waals surface area contributed by atoms with Crippen LogP contribution in [0.1, 0.15) is 38.5 Å². The predicted octanol–water partition coefficient (Wildman–Crippen LogP) is 1.27. The number of hydrogen-bond acceptors (Lipinski definition) is 2. The van der Waals surface area contributed by atoms with Gasteiger partial charge in [-0.25, -0.2) is 0 Å². The Balaban J connectivity index is 1.76. The van der Waals surface area contributed by atoms with E-state index >= 15 is 0 Å². The number of nitrogens with one attached hydrogen (secondary N) is 2. The summed E-state index contributed by atoms with van der Waals surface area (Å²) in [6.45, 7) is 2.53. The number of piperidine rings is 2. The largest absolute Gasteiger partial charge is 0.317 e. The van der Waals surface area contributed by atoms with Gasteiger partial charge in [0.2, 0.25) is 0 Å². The third kappa shape index (κ3) is 1.40. The SMILES string of the molecule is C1CC2(CCN1)CC1CCC(C2)N1. The lowest BCUT2D eigenvalue weighted by atomic mass is 9.69. The van der Waals surface area contributed by atoms with Crippen LogP contribution in [0.25, 0.3) is 0 Å². The summed E-state index contributed by atoms with van der Waals surface area (Å²) in [5.74, 6) is 0. The van der Waals surface area contributed by atoms with E-state index in [1.165, 1.54) is 51.6 Å². The van der Waals surface area contributed by atoms with E-state index in [1.54, 1.807) is 0 Å². The molecule has 3 fully saturated rings. The first-order valence-electron chi connectivity index (χ1n) is 5.83. The fourth-order valence-corrected chi connectivity index (χ4v) is 3.72. The minimum atomic E-state index is 0.738. The molecule has 0 aliphatic carbocycles. The van der Waals surface area contributed by atoms with Gasteiger partial charge >= 0.3 is 0 Å². The standard InChI is InChI=1S/C11H20N2/c1-2-10-8-11(7-9(1)13-10)3-5-12-6-4-11/h9-10,12-13H,1-8H2. The molecule has 0 aromatic rings. The van der Waals surface area contributed by atoms with Crippen LogP contribution in [0.15, 0.2) is 0 Å². The van der Waals surface area contributed by atoms with Crippen molar-refractivity contribution in [3.05, 3.63) is 0 Å². The van der Waals surface area contributed by atoms with E-state index in [4.69, 9.17) is 0 Å². The highest BCUT2D eigenvalue weighted by atomic mass is 15.0. The Bertz CT molecular complexity index is 182. The maximum absolute atomic E-state index is 3.74. The van der Waals surface area contributed by atoms with Gasteiger partial charge in [0.15, 0.2) is 0 Å². The van der Waals surface area contributed by atoms with Gasteiger partial charge in [-0.2, -0.15) is 0 Å². The molecule has 3 aliphatic heterocycles. The zero-order valence-electron chi connectivity index (χ0n) is 8.31. The van der Waals surface area contributed by atoms with Crippen molar-refractivity contribution >= 4 is 0 Å². The summed E-state index contributed by atoms with van der Waals surface area (Å²) in [7, 11) is 0. The number of hydrogen-bond donors (Lipinski definition) is 2. The Morgan fingerprint density at radius 1 is 0.923 bits per heavy atom. The van der Waals surface area contributed by atoms with Gasteiger partial charge in [-0.15, -0.1) is 0 Å². The van der Waals surface area contributed by atoms with E-state index in [-0.39, 0.29) is 0 Å². The van der Waals surface area contributed by atoms with Crippen LogP contribution in [0.5, 0.6) is 0 Å². The van der Waals surface area contributed by atoms with E-state index in [9.17, 15) is 0 Å². The number of fused-ring (bicyclic) bond motifs is 2. The molecular formula is C11H20N2. The summed E-state index contributed by atoms with van der Waals surface area (Å²) in [5, 5.41) is 7.23. The molecule has 2 unspecified atom stereocenters. The summed E-state index contributed by atoms with van der Waals surface area (Å²) in [6, 6.07) is 1.74. The van der Waals surface area contributed by atoms with Crippen molar-refractivity contribution in [2.45, 2.75) is 50.6 Å². The molecule has 0 aromatic heterocycles. The molecule has 2 nitrogen and oxygen atoms in total. The van der Waals surface area contributed by atoms with Gasteiger partial charge in [0.25, 0.3) is 0 Å². The Morgan fingerprint density at radius 2 is 1.54 bits per heavy atom. The first-order valence-corrected chi connectivity index (χ1v) is 5.83. The molecule has 2 N–H and O–H groups in total. The molecule has 74 valence electrons. The lowest BCUT2D eigenvalue weighted by Gasteiger charge is -2.44. The zero-order valence-corrected chi connectivity index (χ0v) is 8.31. The zero-order chi connectivity index (χ0) is 8.73. The normalized spacial score (nSPS) is 42.5. The average molecular weight is 180 g/mol. The van der Waals surface area contributed by atoms with Crippen LogP contribution < -0.4 is 10.6 Å². The van der Waals surface area contributed by atoms with Crippen molar-refractivity contribution in [1.82, 2.24) is 10.6 Å². The third-order valence-electron chi connectivity index (χ3n) is 4.36. The topological polar surface area (TPSA) is 24.1 Å². The third-order valence-corrected chi connectivity index (χ3v) is 4.36. The molecule has 1 spiro atoms. The molecular weight excluding hydrogens is 160 g/mol. The van der Waals surface area contributed by atoms with Gasteiger partial charge in [-0.05, 0) is 57.0 Å². The predicted molar refractivity (Wildman–Crippen MR) is 53.7 cm³/mol. The second kappa shape index (κ2) is 2.96. The van der Waals surface area contributed by atoms with E-state index in [2.05, 4.69) is 10.6 Å². The number of rotatable bonds is 0. The molecule has 0 radical (unpaired) electrons. The van der Waals surface area contributed by atoms with Crippen molar-refractivity contribution in [2.24, 2.45) is 5.41 Å². The second-order valence-electron chi connectivity index (χ2n) is 5.30. The van der Waals surface area contributed by atoms with E-state index < -0.39 is 0 Å². The van der Waals surface area contributed by atoms with Crippen molar-refractivity contribution in [1.29, 1.82) is 0 Å². The van der Waals surface area contributed by atoms with Gasteiger partial charge in [0.05, 0.1) is 0 Å². The summed E-state index contributed by atoms with van der Waals surface area (Å²) < 4.78 is 0. The van der Waals surface area contributed by atoms with Crippen LogP contribution in [0, 0.1) is 5.41 Å². The summed E-state index contributed by atoms with van der Waals surface area (Å²) in [5.41, 5.74) is 0.738. The van der Waals surface area contributed by atoms with Gasteiger partial charge in [-0.1, -0.05) is 0 Å². The molecule has 2 bridgehead atoms. The van der Waals surface area contributed by atoms with Crippen LogP contribution in [0.3, 0.4) is 0 Å². The van der Waals surface area contributed by atoms with E-state index in [0.717, 1.165) is 17.5 Å². The van der Waals surface area contributed by atoms with Crippen LogP contribution in [0.4, 0.5) is 0 Å². The van der Waals surface area contributed by atoms with Crippen molar-refractivity contribution in [3.8, 4) is 0 Å². The van der Waals surface area contributed by atoms with Crippen LogP contribution >= 0.6 is 0 Å². The monoisotopic (exact) mass is 180 g/mol. The summed E-state index contributed by atoms with van der Waals surface area (Å²) in [4.78, 5) is 0. The highest BCUT2D eigenvalue weighted by Crippen LogP contribution is 2.45. The molecule has 0 aromatic carbocycles. The van der Waals surface area contributed by atoms with Gasteiger partial charge in [0, 0.05) is 12.1 Å². The Hall–Kier alpha value is -0.0800. The first-order chi connectivity index (χ1) is 6.36. The maximum atomic E-state index is 3.74. The average Bonchev–Trinajstić information content (AvgIpc) is 2.48. The van der Waals surface area contributed by atoms with Gasteiger partial charge < -0.3 is 10.6 Å². The van der Waals surface area contributed by atoms with Crippen molar-refractivity contribution < 1.29 is 0 Å². The Labute approximate surface area is 80.5 Å². The molecule has 13 heavy (non-hydrogen) atoms. The fourth-order valence-electron chi connectivity index (χ4n) is 3.72. The lowest BCUT2D eigenvalue weighted by molar-refractivity contribution is 0.112. The molecule has 3 heterocycles. The van der Waals surface area contributed by atoms with Crippen LogP contribution in [-0.4, -0.2) is 25.2 Å². The minimum absolute atomic E-state index is 0.738. The Kier molecular flexibility index (Phi) is 1.88. The molecule has 2 atom stereocenters. The smallest absolute Gasteiger partial charge is 0.00755 e. The minimum Gasteiger partial charge on any atom is -0.317 e. The fraction of sp³-hybridized carbons (Fsp3) is 1.00. The highest BCUT2D eigenvalue weighted by molar-refractivity contribution is 5.00. The van der Waals surface area contributed by atoms with Crippen molar-refractivity contribution in [2.75, 3.05) is 13.1 Å². The molecule has 3 aliphatic rings. The lowest BCUT2D eigenvalue weighted by Crippen LogP contribution is -2.48. The summed E-state index contributed by atoms with van der Waals surface area (Å²) in [6.07, 6.45) is 8.68. The molecule has 3 rings (SSSR count). The molecule has 0 saturated carbocycles. The molecule has 2 heteroatoms. The van der Waals surface area contributed by atoms with Gasteiger partial charge in [-0.3, -0.25) is 0 Å². The Morgan fingerprint density at radius 3 is 2.15 bits per heavy atom. The van der Waals surface area contributed by atoms with E-state index in [0.29, 0.717) is 0 Å².